The molecule has 2 rings (SSSR count). The minimum atomic E-state index is 0.734. The van der Waals surface area contributed by atoms with Crippen LogP contribution in [0, 0.1) is 0 Å². The summed E-state index contributed by atoms with van der Waals surface area (Å²) >= 11 is 3.56. The SMILES string of the molecule is CCCc1c(NC)ncnc1NCc1ccccc1Br. The number of hydrogen-bond acceptors (Lipinski definition) is 4. The molecule has 0 saturated heterocycles. The van der Waals surface area contributed by atoms with E-state index in [1.54, 1.807) is 6.33 Å². The van der Waals surface area contributed by atoms with Gasteiger partial charge in [-0.25, -0.2) is 9.97 Å². The molecule has 0 atom stereocenters. The molecule has 0 amide bonds. The lowest BCUT2D eigenvalue weighted by atomic mass is 10.1. The summed E-state index contributed by atoms with van der Waals surface area (Å²) in [6, 6.07) is 8.19. The fourth-order valence-electron chi connectivity index (χ4n) is 2.09. The van der Waals surface area contributed by atoms with Gasteiger partial charge in [-0.15, -0.1) is 0 Å². The summed E-state index contributed by atoms with van der Waals surface area (Å²) in [5.41, 5.74) is 2.35. The summed E-state index contributed by atoms with van der Waals surface area (Å²) in [7, 11) is 1.89. The standard InChI is InChI=1S/C15H19BrN4/c1-3-6-12-14(17-2)19-10-20-15(12)18-9-11-7-4-5-8-13(11)16/h4-5,7-8,10H,3,6,9H2,1-2H3,(H2,17,18,19,20). The van der Waals surface area contributed by atoms with Crippen molar-refractivity contribution in [3.05, 3.63) is 46.2 Å². The zero-order valence-corrected chi connectivity index (χ0v) is 13.4. The lowest BCUT2D eigenvalue weighted by Gasteiger charge is -2.14. The molecule has 0 spiro atoms. The van der Waals surface area contributed by atoms with Crippen LogP contribution in [0.3, 0.4) is 0 Å². The Morgan fingerprint density at radius 3 is 2.60 bits per heavy atom. The smallest absolute Gasteiger partial charge is 0.134 e. The van der Waals surface area contributed by atoms with Crippen LogP contribution in [0.2, 0.25) is 0 Å². The molecule has 2 N–H and O–H groups in total. The maximum absolute atomic E-state index is 4.37. The molecule has 20 heavy (non-hydrogen) atoms. The number of halogens is 1. The van der Waals surface area contributed by atoms with E-state index in [4.69, 9.17) is 0 Å². The molecule has 106 valence electrons. The van der Waals surface area contributed by atoms with Crippen LogP contribution < -0.4 is 10.6 Å². The first-order valence-corrected chi connectivity index (χ1v) is 7.54. The van der Waals surface area contributed by atoms with Crippen LogP contribution >= 0.6 is 15.9 Å². The third-order valence-corrected chi connectivity index (χ3v) is 3.86. The zero-order valence-electron chi connectivity index (χ0n) is 11.8. The fraction of sp³-hybridized carbons (Fsp3) is 0.333. The molecule has 1 aromatic carbocycles. The van der Waals surface area contributed by atoms with E-state index < -0.39 is 0 Å². The van der Waals surface area contributed by atoms with Gasteiger partial charge in [-0.2, -0.15) is 0 Å². The minimum absolute atomic E-state index is 0.734. The van der Waals surface area contributed by atoms with Crippen molar-refractivity contribution < 1.29 is 0 Å². The number of anilines is 2. The number of aromatic nitrogens is 2. The van der Waals surface area contributed by atoms with Gasteiger partial charge in [0.05, 0.1) is 0 Å². The Morgan fingerprint density at radius 1 is 1.15 bits per heavy atom. The van der Waals surface area contributed by atoms with Gasteiger partial charge in [0, 0.05) is 23.6 Å². The monoisotopic (exact) mass is 334 g/mol. The van der Waals surface area contributed by atoms with Crippen molar-refractivity contribution in [2.24, 2.45) is 0 Å². The molecule has 0 radical (unpaired) electrons. The van der Waals surface area contributed by atoms with Gasteiger partial charge in [-0.05, 0) is 18.1 Å². The lowest BCUT2D eigenvalue weighted by molar-refractivity contribution is 0.898. The molecule has 0 bridgehead atoms. The summed E-state index contributed by atoms with van der Waals surface area (Å²) < 4.78 is 1.10. The summed E-state index contributed by atoms with van der Waals surface area (Å²) in [5.74, 6) is 1.80. The van der Waals surface area contributed by atoms with Crippen molar-refractivity contribution in [3.63, 3.8) is 0 Å². The van der Waals surface area contributed by atoms with Crippen LogP contribution in [0.4, 0.5) is 11.6 Å². The molecule has 1 heterocycles. The average molecular weight is 335 g/mol. The molecule has 0 aliphatic carbocycles. The molecule has 0 fully saturated rings. The molecule has 2 aromatic rings. The van der Waals surface area contributed by atoms with E-state index in [-0.39, 0.29) is 0 Å². The first-order valence-electron chi connectivity index (χ1n) is 6.75. The van der Waals surface area contributed by atoms with E-state index in [0.29, 0.717) is 0 Å². The molecule has 5 heteroatoms. The highest BCUT2D eigenvalue weighted by Gasteiger charge is 2.09. The quantitative estimate of drug-likeness (QED) is 0.842. The van der Waals surface area contributed by atoms with E-state index in [1.807, 2.05) is 25.2 Å². The molecular formula is C15H19BrN4. The second-order valence-electron chi connectivity index (χ2n) is 4.49. The second-order valence-corrected chi connectivity index (χ2v) is 5.35. The molecule has 0 aliphatic rings. The third-order valence-electron chi connectivity index (χ3n) is 3.09. The third kappa shape index (κ3) is 3.48. The topological polar surface area (TPSA) is 49.8 Å². The lowest BCUT2D eigenvalue weighted by Crippen LogP contribution is -2.08. The fourth-order valence-corrected chi connectivity index (χ4v) is 2.51. The maximum atomic E-state index is 4.37. The summed E-state index contributed by atoms with van der Waals surface area (Å²) in [6.45, 7) is 2.89. The van der Waals surface area contributed by atoms with Gasteiger partial charge in [-0.1, -0.05) is 47.5 Å². The Kier molecular flexibility index (Phi) is 5.35. The van der Waals surface area contributed by atoms with Crippen LogP contribution in [0.15, 0.2) is 35.1 Å². The van der Waals surface area contributed by atoms with Crippen LogP contribution in [0.5, 0.6) is 0 Å². The van der Waals surface area contributed by atoms with Crippen molar-refractivity contribution >= 4 is 27.6 Å². The van der Waals surface area contributed by atoms with Crippen molar-refractivity contribution in [2.45, 2.75) is 26.3 Å². The number of benzene rings is 1. The highest BCUT2D eigenvalue weighted by Crippen LogP contribution is 2.23. The normalized spacial score (nSPS) is 10.3. The van der Waals surface area contributed by atoms with Crippen molar-refractivity contribution in [1.82, 2.24) is 9.97 Å². The molecule has 1 aromatic heterocycles. The number of rotatable bonds is 6. The predicted molar refractivity (Wildman–Crippen MR) is 87.0 cm³/mol. The number of nitrogens with one attached hydrogen (secondary N) is 2. The second kappa shape index (κ2) is 7.24. The van der Waals surface area contributed by atoms with Gasteiger partial charge in [0.25, 0.3) is 0 Å². The molecule has 0 unspecified atom stereocenters. The highest BCUT2D eigenvalue weighted by atomic mass is 79.9. The summed E-state index contributed by atoms with van der Waals surface area (Å²) in [4.78, 5) is 8.65. The van der Waals surface area contributed by atoms with Gasteiger partial charge in [0.2, 0.25) is 0 Å². The molecule has 0 aliphatic heterocycles. The van der Waals surface area contributed by atoms with E-state index in [0.717, 1.165) is 41.1 Å². The van der Waals surface area contributed by atoms with Gasteiger partial charge in [0.1, 0.15) is 18.0 Å². The molecule has 0 saturated carbocycles. The zero-order chi connectivity index (χ0) is 14.4. The van der Waals surface area contributed by atoms with Crippen molar-refractivity contribution in [2.75, 3.05) is 17.7 Å². The van der Waals surface area contributed by atoms with E-state index in [1.165, 1.54) is 5.56 Å². The Morgan fingerprint density at radius 2 is 1.90 bits per heavy atom. The van der Waals surface area contributed by atoms with Crippen LogP contribution in [0.1, 0.15) is 24.5 Å². The van der Waals surface area contributed by atoms with E-state index in [9.17, 15) is 0 Å². The summed E-state index contributed by atoms with van der Waals surface area (Å²) in [5, 5.41) is 6.54. The van der Waals surface area contributed by atoms with Gasteiger partial charge in [-0.3, -0.25) is 0 Å². The average Bonchev–Trinajstić information content (AvgIpc) is 2.47. The number of hydrogen-bond donors (Lipinski definition) is 2. The van der Waals surface area contributed by atoms with Crippen molar-refractivity contribution in [3.8, 4) is 0 Å². The summed E-state index contributed by atoms with van der Waals surface area (Å²) in [6.07, 6.45) is 3.61. The number of nitrogens with zero attached hydrogens (tertiary/aromatic N) is 2. The van der Waals surface area contributed by atoms with Gasteiger partial charge < -0.3 is 10.6 Å². The van der Waals surface area contributed by atoms with Crippen LogP contribution in [0.25, 0.3) is 0 Å². The highest BCUT2D eigenvalue weighted by molar-refractivity contribution is 9.10. The van der Waals surface area contributed by atoms with Gasteiger partial charge >= 0.3 is 0 Å². The minimum Gasteiger partial charge on any atom is -0.373 e. The Balaban J connectivity index is 2.19. The molecule has 4 nitrogen and oxygen atoms in total. The first kappa shape index (κ1) is 14.8. The Hall–Kier alpha value is -1.62. The largest absolute Gasteiger partial charge is 0.373 e. The van der Waals surface area contributed by atoms with E-state index in [2.05, 4.69) is 49.5 Å². The maximum Gasteiger partial charge on any atom is 0.134 e. The van der Waals surface area contributed by atoms with Gasteiger partial charge in [0.15, 0.2) is 0 Å². The van der Waals surface area contributed by atoms with E-state index >= 15 is 0 Å². The van der Waals surface area contributed by atoms with Crippen LogP contribution in [-0.2, 0) is 13.0 Å². The van der Waals surface area contributed by atoms with Crippen LogP contribution in [-0.4, -0.2) is 17.0 Å². The predicted octanol–water partition coefficient (Wildman–Crippen LogP) is 3.85. The Bertz CT molecular complexity index is 572. The van der Waals surface area contributed by atoms with Crippen molar-refractivity contribution in [1.29, 1.82) is 0 Å². The first-order chi connectivity index (χ1) is 9.76. The Labute approximate surface area is 128 Å². The molecular weight excluding hydrogens is 316 g/mol.